The molecule has 0 unspecified atom stereocenters. The second kappa shape index (κ2) is 3.88. The van der Waals surface area contributed by atoms with Gasteiger partial charge in [-0.25, -0.2) is 9.97 Å². The molecule has 4 heteroatoms. The van der Waals surface area contributed by atoms with Gasteiger partial charge in [0.1, 0.15) is 12.4 Å². The summed E-state index contributed by atoms with van der Waals surface area (Å²) < 4.78 is 5.09. The third-order valence-electron chi connectivity index (χ3n) is 1.16. The lowest BCUT2D eigenvalue weighted by Gasteiger charge is -1.99. The molecule has 1 rings (SSSR count). The Morgan fingerprint density at radius 3 is 3.09 bits per heavy atom. The molecule has 0 spiro atoms. The molecule has 1 aromatic heterocycles. The molecule has 0 aliphatic heterocycles. The molecule has 0 aliphatic rings. The number of hydrogen-bond acceptors (Lipinski definition) is 4. The summed E-state index contributed by atoms with van der Waals surface area (Å²) in [6, 6.07) is 1.65. The van der Waals surface area contributed by atoms with Crippen LogP contribution >= 0.6 is 0 Å². The van der Waals surface area contributed by atoms with E-state index in [-0.39, 0.29) is 0 Å². The smallest absolute Gasteiger partial charge is 0.156 e. The van der Waals surface area contributed by atoms with Crippen molar-refractivity contribution in [2.24, 2.45) is 0 Å². The molecule has 1 aromatic rings. The van der Waals surface area contributed by atoms with Gasteiger partial charge in [0.2, 0.25) is 0 Å². The first kappa shape index (κ1) is 7.94. The Bertz CT molecular complexity index is 227. The number of ether oxygens (including phenoxy) is 1. The lowest BCUT2D eigenvalue weighted by atomic mass is 10.5. The number of rotatable bonds is 3. The van der Waals surface area contributed by atoms with Gasteiger partial charge in [-0.15, -0.1) is 0 Å². The fourth-order valence-electron chi connectivity index (χ4n) is 0.678. The highest BCUT2D eigenvalue weighted by atomic mass is 16.5. The van der Waals surface area contributed by atoms with E-state index in [1.807, 2.05) is 6.92 Å². The maximum Gasteiger partial charge on any atom is 0.156 e. The molecule has 0 aromatic carbocycles. The first-order chi connectivity index (χ1) is 5.33. The molecule has 4 nitrogen and oxygen atoms in total. The highest BCUT2D eigenvalue weighted by Crippen LogP contribution is 1.97. The number of nitrogens with two attached hydrogens (primary N) is 1. The molecule has 0 fully saturated rings. The van der Waals surface area contributed by atoms with E-state index in [4.69, 9.17) is 10.5 Å². The predicted molar refractivity (Wildman–Crippen MR) is 41.8 cm³/mol. The first-order valence-corrected chi connectivity index (χ1v) is 3.48. The van der Waals surface area contributed by atoms with Gasteiger partial charge >= 0.3 is 0 Å². The van der Waals surface area contributed by atoms with E-state index in [9.17, 15) is 0 Å². The van der Waals surface area contributed by atoms with Crippen molar-refractivity contribution in [1.82, 2.24) is 9.97 Å². The van der Waals surface area contributed by atoms with Crippen LogP contribution in [0.25, 0.3) is 0 Å². The summed E-state index contributed by atoms with van der Waals surface area (Å²) in [5.74, 6) is 1.11. The molecule has 0 amide bonds. The molecule has 0 atom stereocenters. The molecule has 60 valence electrons. The minimum Gasteiger partial charge on any atom is -0.384 e. The van der Waals surface area contributed by atoms with E-state index >= 15 is 0 Å². The molecule has 1 heterocycles. The summed E-state index contributed by atoms with van der Waals surface area (Å²) >= 11 is 0. The Kier molecular flexibility index (Phi) is 2.80. The zero-order chi connectivity index (χ0) is 8.10. The highest BCUT2D eigenvalue weighted by Gasteiger charge is 1.94. The van der Waals surface area contributed by atoms with E-state index in [0.717, 1.165) is 0 Å². The molecular formula is C7H11N3O. The maximum atomic E-state index is 5.42. The monoisotopic (exact) mass is 153 g/mol. The second-order valence-electron chi connectivity index (χ2n) is 2.03. The van der Waals surface area contributed by atoms with E-state index in [1.54, 1.807) is 12.3 Å². The van der Waals surface area contributed by atoms with Gasteiger partial charge in [-0.3, -0.25) is 0 Å². The average molecular weight is 153 g/mol. The third kappa shape index (κ3) is 2.51. The first-order valence-electron chi connectivity index (χ1n) is 3.48. The number of hydrogen-bond donors (Lipinski definition) is 1. The Morgan fingerprint density at radius 1 is 1.64 bits per heavy atom. The zero-order valence-corrected chi connectivity index (χ0v) is 6.45. The lowest BCUT2D eigenvalue weighted by molar-refractivity contribution is 0.128. The highest BCUT2D eigenvalue weighted by molar-refractivity contribution is 5.24. The van der Waals surface area contributed by atoms with Gasteiger partial charge in [-0.1, -0.05) is 0 Å². The summed E-state index contributed by atoms with van der Waals surface area (Å²) in [7, 11) is 0. The SMILES string of the molecule is CCOCc1nccc(N)n1. The number of aromatic nitrogens is 2. The van der Waals surface area contributed by atoms with Crippen LogP contribution in [0, 0.1) is 0 Å². The van der Waals surface area contributed by atoms with Gasteiger partial charge in [0.25, 0.3) is 0 Å². The van der Waals surface area contributed by atoms with Gasteiger partial charge in [0, 0.05) is 12.8 Å². The van der Waals surface area contributed by atoms with Gasteiger partial charge in [0.15, 0.2) is 5.82 Å². The lowest BCUT2D eigenvalue weighted by Crippen LogP contribution is -2.00. The van der Waals surface area contributed by atoms with Crippen LogP contribution < -0.4 is 5.73 Å². The van der Waals surface area contributed by atoms with Crippen LogP contribution in [-0.2, 0) is 11.3 Å². The Labute approximate surface area is 65.4 Å². The van der Waals surface area contributed by atoms with E-state index < -0.39 is 0 Å². The summed E-state index contributed by atoms with van der Waals surface area (Å²) in [6.45, 7) is 3.02. The van der Waals surface area contributed by atoms with Crippen molar-refractivity contribution in [3.63, 3.8) is 0 Å². The standard InChI is InChI=1S/C7H11N3O/c1-2-11-5-7-9-4-3-6(8)10-7/h3-4H,2,5H2,1H3,(H2,8,9,10). The normalized spacial score (nSPS) is 9.91. The summed E-state index contributed by atoms with van der Waals surface area (Å²) in [5, 5.41) is 0. The van der Waals surface area contributed by atoms with Crippen molar-refractivity contribution in [3.05, 3.63) is 18.1 Å². The van der Waals surface area contributed by atoms with Crippen molar-refractivity contribution in [1.29, 1.82) is 0 Å². The molecule has 0 saturated heterocycles. The fourth-order valence-corrected chi connectivity index (χ4v) is 0.678. The number of nitrogen functional groups attached to an aromatic ring is 1. The molecule has 0 saturated carbocycles. The summed E-state index contributed by atoms with van der Waals surface area (Å²) in [4.78, 5) is 7.91. The van der Waals surface area contributed by atoms with Gasteiger partial charge in [-0.05, 0) is 13.0 Å². The Hall–Kier alpha value is -1.16. The van der Waals surface area contributed by atoms with Crippen molar-refractivity contribution >= 4 is 5.82 Å². The van der Waals surface area contributed by atoms with Crippen LogP contribution in [0.1, 0.15) is 12.7 Å². The third-order valence-corrected chi connectivity index (χ3v) is 1.16. The maximum absolute atomic E-state index is 5.42. The van der Waals surface area contributed by atoms with Crippen LogP contribution in [-0.4, -0.2) is 16.6 Å². The van der Waals surface area contributed by atoms with Gasteiger partial charge in [-0.2, -0.15) is 0 Å². The average Bonchev–Trinajstić information content (AvgIpc) is 2.01. The van der Waals surface area contributed by atoms with Crippen LogP contribution in [0.3, 0.4) is 0 Å². The van der Waals surface area contributed by atoms with Crippen LogP contribution in [0.5, 0.6) is 0 Å². The van der Waals surface area contributed by atoms with E-state index in [0.29, 0.717) is 24.9 Å². The van der Waals surface area contributed by atoms with Gasteiger partial charge < -0.3 is 10.5 Å². The van der Waals surface area contributed by atoms with Crippen molar-refractivity contribution < 1.29 is 4.74 Å². The second-order valence-corrected chi connectivity index (χ2v) is 2.03. The molecule has 0 radical (unpaired) electrons. The Balaban J connectivity index is 2.56. The van der Waals surface area contributed by atoms with Crippen molar-refractivity contribution in [2.45, 2.75) is 13.5 Å². The molecule has 0 aliphatic carbocycles. The minimum absolute atomic E-state index is 0.432. The summed E-state index contributed by atoms with van der Waals surface area (Å²) in [5.41, 5.74) is 5.42. The molecule has 0 bridgehead atoms. The molecular weight excluding hydrogens is 142 g/mol. The fraction of sp³-hybridized carbons (Fsp3) is 0.429. The van der Waals surface area contributed by atoms with Crippen LogP contribution in [0.15, 0.2) is 12.3 Å². The quantitative estimate of drug-likeness (QED) is 0.690. The largest absolute Gasteiger partial charge is 0.384 e. The van der Waals surface area contributed by atoms with E-state index in [2.05, 4.69) is 9.97 Å². The van der Waals surface area contributed by atoms with Crippen molar-refractivity contribution in [2.75, 3.05) is 12.3 Å². The van der Waals surface area contributed by atoms with Crippen LogP contribution in [0.4, 0.5) is 5.82 Å². The minimum atomic E-state index is 0.432. The number of anilines is 1. The molecule has 2 N–H and O–H groups in total. The van der Waals surface area contributed by atoms with E-state index in [1.165, 1.54) is 0 Å². The van der Waals surface area contributed by atoms with Gasteiger partial charge in [0.05, 0.1) is 0 Å². The Morgan fingerprint density at radius 2 is 2.45 bits per heavy atom. The predicted octanol–water partition coefficient (Wildman–Crippen LogP) is 0.595. The number of nitrogens with zero attached hydrogens (tertiary/aromatic N) is 2. The zero-order valence-electron chi connectivity index (χ0n) is 6.45. The molecule has 11 heavy (non-hydrogen) atoms. The van der Waals surface area contributed by atoms with Crippen LogP contribution in [0.2, 0.25) is 0 Å². The van der Waals surface area contributed by atoms with Crippen molar-refractivity contribution in [3.8, 4) is 0 Å². The topological polar surface area (TPSA) is 61.0 Å². The summed E-state index contributed by atoms with van der Waals surface area (Å²) in [6.07, 6.45) is 1.62.